The summed E-state index contributed by atoms with van der Waals surface area (Å²) in [6.07, 6.45) is 4.45. The molecule has 11 heteroatoms. The molecule has 3 atom stereocenters. The highest BCUT2D eigenvalue weighted by molar-refractivity contribution is 6.01. The second kappa shape index (κ2) is 10.1. The van der Waals surface area contributed by atoms with Gasteiger partial charge in [0, 0.05) is 61.0 Å². The second-order valence-electron chi connectivity index (χ2n) is 13.4. The number of aromatic nitrogens is 4. The van der Waals surface area contributed by atoms with E-state index in [1.807, 2.05) is 48.3 Å². The number of anilines is 2. The van der Waals surface area contributed by atoms with Crippen LogP contribution in [0, 0.1) is 11.8 Å². The molecule has 0 unspecified atom stereocenters. The first kappa shape index (κ1) is 27.4. The maximum atomic E-state index is 13.7. The Morgan fingerprint density at radius 1 is 1.09 bits per heavy atom. The predicted molar refractivity (Wildman–Crippen MR) is 175 cm³/mol. The third kappa shape index (κ3) is 4.21. The Balaban J connectivity index is 1.10. The molecular formula is C35H36N8O3. The minimum atomic E-state index is -0.0305. The van der Waals surface area contributed by atoms with Crippen molar-refractivity contribution in [2.45, 2.75) is 50.9 Å². The lowest BCUT2D eigenvalue weighted by Crippen LogP contribution is -2.41. The number of aryl methyl sites for hydroxylation is 1. The number of fused-ring (bicyclic) bond motifs is 5. The van der Waals surface area contributed by atoms with Gasteiger partial charge >= 0.3 is 0 Å². The summed E-state index contributed by atoms with van der Waals surface area (Å²) in [5.74, 6) is 3.10. The van der Waals surface area contributed by atoms with Crippen molar-refractivity contribution in [3.63, 3.8) is 0 Å². The number of rotatable bonds is 7. The maximum absolute atomic E-state index is 13.7. The molecule has 3 aromatic heterocycles. The standard InChI is InChI=1S/C35H36N8O3/c1-41-31-25(12-21(14-28(31)46-2)35(45)43-17-20-5-9-26(43)30(20)36)39-33(41)27-13-19-6-10-29(40-32(19)42(27)16-18-3-4-18)38-23-7-8-24-22(11-23)15-37-34(24)44/h6-8,10-14,18,20,26,30H,3-5,9,15-17,36H2,1-2H3,(H,37,44)(H,38,40)/t20-,26-,30-/m1/s1. The number of hydrogen-bond donors (Lipinski definition) is 3. The van der Waals surface area contributed by atoms with Gasteiger partial charge in [-0.05, 0) is 91.6 Å². The van der Waals surface area contributed by atoms with Crippen LogP contribution in [0.5, 0.6) is 5.75 Å². The zero-order valence-electron chi connectivity index (χ0n) is 25.9. The molecule has 3 fully saturated rings. The predicted octanol–water partition coefficient (Wildman–Crippen LogP) is 4.56. The molecule has 4 N–H and O–H groups in total. The number of imidazole rings is 1. The summed E-state index contributed by atoms with van der Waals surface area (Å²) in [7, 11) is 3.64. The van der Waals surface area contributed by atoms with Crippen molar-refractivity contribution in [2.24, 2.45) is 24.6 Å². The maximum Gasteiger partial charge on any atom is 0.254 e. The number of amides is 2. The summed E-state index contributed by atoms with van der Waals surface area (Å²) in [5, 5.41) is 7.34. The van der Waals surface area contributed by atoms with E-state index in [4.69, 9.17) is 20.4 Å². The lowest BCUT2D eigenvalue weighted by Gasteiger charge is -2.27. The Hall–Kier alpha value is -4.90. The van der Waals surface area contributed by atoms with Gasteiger partial charge in [-0.25, -0.2) is 9.97 Å². The van der Waals surface area contributed by atoms with E-state index in [0.29, 0.717) is 36.2 Å². The molecule has 4 aliphatic rings. The summed E-state index contributed by atoms with van der Waals surface area (Å²) in [6, 6.07) is 15.9. The fourth-order valence-electron chi connectivity index (χ4n) is 7.85. The van der Waals surface area contributed by atoms with Crippen LogP contribution < -0.4 is 21.1 Å². The molecular weight excluding hydrogens is 580 g/mol. The second-order valence-corrected chi connectivity index (χ2v) is 13.4. The van der Waals surface area contributed by atoms with Crippen molar-refractivity contribution in [3.8, 4) is 17.3 Å². The Bertz CT molecular complexity index is 2090. The van der Waals surface area contributed by atoms with E-state index in [9.17, 15) is 9.59 Å². The zero-order chi connectivity index (χ0) is 31.3. The van der Waals surface area contributed by atoms with Crippen LogP contribution in [0.3, 0.4) is 0 Å². The number of methoxy groups -OCH3 is 1. The highest BCUT2D eigenvalue weighted by atomic mass is 16.5. The molecule has 46 heavy (non-hydrogen) atoms. The quantitative estimate of drug-likeness (QED) is 0.244. The number of piperidine rings is 1. The van der Waals surface area contributed by atoms with Crippen molar-refractivity contribution < 1.29 is 14.3 Å². The monoisotopic (exact) mass is 616 g/mol. The summed E-state index contributed by atoms with van der Waals surface area (Å²) in [4.78, 5) is 37.9. The van der Waals surface area contributed by atoms with Gasteiger partial charge in [-0.15, -0.1) is 0 Å². The Labute approximate surface area is 265 Å². The lowest BCUT2D eigenvalue weighted by molar-refractivity contribution is 0.0700. The number of benzene rings is 2. The number of carbonyl (C=O) groups is 2. The van der Waals surface area contributed by atoms with Crippen LogP contribution in [0.15, 0.2) is 48.5 Å². The van der Waals surface area contributed by atoms with Gasteiger partial charge < -0.3 is 35.1 Å². The molecule has 9 rings (SSSR count). The summed E-state index contributed by atoms with van der Waals surface area (Å²) in [6.45, 7) is 2.10. The van der Waals surface area contributed by atoms with Gasteiger partial charge in [0.2, 0.25) is 0 Å². The van der Waals surface area contributed by atoms with Gasteiger partial charge in [0.05, 0.1) is 18.3 Å². The van der Waals surface area contributed by atoms with Crippen LogP contribution in [-0.4, -0.2) is 61.6 Å². The molecule has 234 valence electrons. The average Bonchev–Trinajstić information content (AvgIpc) is 3.25. The SMILES string of the molecule is COc1cc(C(=O)N2C[C@H]3CC[C@@H]2[C@@H]3N)cc2nc(-c3cc4ccc(Nc5ccc6c(c5)CNC6=O)nc4n3CC3CC3)n(C)c12. The van der Waals surface area contributed by atoms with E-state index in [1.54, 1.807) is 7.11 Å². The third-order valence-electron chi connectivity index (χ3n) is 10.5. The number of nitrogens with zero attached hydrogens (tertiary/aromatic N) is 5. The van der Waals surface area contributed by atoms with Crippen molar-refractivity contribution in [1.82, 2.24) is 29.3 Å². The van der Waals surface area contributed by atoms with Crippen molar-refractivity contribution in [1.29, 1.82) is 0 Å². The van der Waals surface area contributed by atoms with Gasteiger partial charge in [0.15, 0.2) is 5.82 Å². The largest absolute Gasteiger partial charge is 0.494 e. The molecule has 2 aliphatic heterocycles. The van der Waals surface area contributed by atoms with Crippen LogP contribution in [0.25, 0.3) is 33.6 Å². The summed E-state index contributed by atoms with van der Waals surface area (Å²) >= 11 is 0. The minimum Gasteiger partial charge on any atom is -0.494 e. The van der Waals surface area contributed by atoms with Gasteiger partial charge in [-0.3, -0.25) is 9.59 Å². The molecule has 2 aliphatic carbocycles. The topological polar surface area (TPSA) is 132 Å². The highest BCUT2D eigenvalue weighted by Gasteiger charge is 2.47. The van der Waals surface area contributed by atoms with Gasteiger partial charge in [-0.2, -0.15) is 0 Å². The van der Waals surface area contributed by atoms with Crippen molar-refractivity contribution in [2.75, 3.05) is 19.0 Å². The Morgan fingerprint density at radius 2 is 1.96 bits per heavy atom. The molecule has 5 aromatic rings. The average molecular weight is 617 g/mol. The third-order valence-corrected chi connectivity index (χ3v) is 10.5. The van der Waals surface area contributed by atoms with Crippen LogP contribution in [0.1, 0.15) is 52.0 Å². The number of nitrogens with one attached hydrogen (secondary N) is 2. The molecule has 11 nitrogen and oxygen atoms in total. The minimum absolute atomic E-state index is 0.00615. The highest BCUT2D eigenvalue weighted by Crippen LogP contribution is 2.40. The zero-order valence-corrected chi connectivity index (χ0v) is 25.9. The smallest absolute Gasteiger partial charge is 0.254 e. The Morgan fingerprint density at radius 3 is 2.72 bits per heavy atom. The first-order valence-electron chi connectivity index (χ1n) is 16.2. The molecule has 5 heterocycles. The first-order chi connectivity index (χ1) is 22.4. The molecule has 0 spiro atoms. The number of likely N-dealkylation sites (tertiary alicyclic amines) is 1. The number of hydrogen-bond acceptors (Lipinski definition) is 7. The fraction of sp³-hybridized carbons (Fsp3) is 0.371. The lowest BCUT2D eigenvalue weighted by atomic mass is 10.1. The first-order valence-corrected chi connectivity index (χ1v) is 16.2. The van der Waals surface area contributed by atoms with Crippen LogP contribution in [0.4, 0.5) is 11.5 Å². The fourth-order valence-corrected chi connectivity index (χ4v) is 7.85. The van der Waals surface area contributed by atoms with Crippen LogP contribution in [-0.2, 0) is 20.1 Å². The number of nitrogens with two attached hydrogens (primary N) is 1. The van der Waals surface area contributed by atoms with Crippen molar-refractivity contribution in [3.05, 3.63) is 65.2 Å². The molecule has 2 aromatic carbocycles. The van der Waals surface area contributed by atoms with E-state index in [-0.39, 0.29) is 23.9 Å². The molecule has 1 saturated heterocycles. The molecule has 0 radical (unpaired) electrons. The summed E-state index contributed by atoms with van der Waals surface area (Å²) < 4.78 is 10.2. The normalized spacial score (nSPS) is 21.8. The van der Waals surface area contributed by atoms with E-state index < -0.39 is 0 Å². The van der Waals surface area contributed by atoms with Crippen molar-refractivity contribution >= 4 is 45.4 Å². The molecule has 2 bridgehead atoms. The van der Waals surface area contributed by atoms with Gasteiger partial charge in [0.1, 0.15) is 22.7 Å². The van der Waals surface area contributed by atoms with Crippen LogP contribution in [0.2, 0.25) is 0 Å². The van der Waals surface area contributed by atoms with Crippen LogP contribution >= 0.6 is 0 Å². The van der Waals surface area contributed by atoms with Gasteiger partial charge in [0.25, 0.3) is 11.8 Å². The Kier molecular flexibility index (Phi) is 5.99. The van der Waals surface area contributed by atoms with E-state index >= 15 is 0 Å². The van der Waals surface area contributed by atoms with E-state index in [2.05, 4.69) is 31.9 Å². The van der Waals surface area contributed by atoms with E-state index in [1.165, 1.54) is 12.8 Å². The molecule has 2 amide bonds. The molecule has 2 saturated carbocycles. The summed E-state index contributed by atoms with van der Waals surface area (Å²) in [5.41, 5.74) is 13.0. The number of ether oxygens (including phenoxy) is 1. The number of pyridine rings is 1. The van der Waals surface area contributed by atoms with Gasteiger partial charge in [-0.1, -0.05) is 0 Å². The number of carbonyl (C=O) groups excluding carboxylic acids is 2. The van der Waals surface area contributed by atoms with E-state index in [0.717, 1.165) is 75.6 Å².